The third-order valence-corrected chi connectivity index (χ3v) is 4.27. The Kier molecular flexibility index (Phi) is 6.66. The average Bonchev–Trinajstić information content (AvgIpc) is 3.37. The molecule has 8 heteroatoms. The van der Waals surface area contributed by atoms with Crippen LogP contribution in [0.3, 0.4) is 0 Å². The van der Waals surface area contributed by atoms with Crippen LogP contribution in [0.5, 0.6) is 0 Å². The predicted octanol–water partition coefficient (Wildman–Crippen LogP) is 3.27. The Hall–Kier alpha value is -3.57. The van der Waals surface area contributed by atoms with Crippen LogP contribution in [0.2, 0.25) is 0 Å². The third kappa shape index (κ3) is 4.83. The van der Waals surface area contributed by atoms with Crippen LogP contribution in [0.25, 0.3) is 11.0 Å². The third-order valence-electron chi connectivity index (χ3n) is 4.27. The summed E-state index contributed by atoms with van der Waals surface area (Å²) in [7, 11) is 1.52. The zero-order valence-electron chi connectivity index (χ0n) is 15.9. The van der Waals surface area contributed by atoms with Crippen molar-refractivity contribution in [3.8, 4) is 6.07 Å². The lowest BCUT2D eigenvalue weighted by atomic mass is 10.1. The summed E-state index contributed by atoms with van der Waals surface area (Å²) in [5, 5.41) is 9.57. The van der Waals surface area contributed by atoms with Gasteiger partial charge in [0.15, 0.2) is 6.61 Å². The van der Waals surface area contributed by atoms with Gasteiger partial charge in [0.1, 0.15) is 11.3 Å². The molecule has 1 aromatic carbocycles. The van der Waals surface area contributed by atoms with Crippen molar-refractivity contribution < 1.29 is 27.9 Å². The van der Waals surface area contributed by atoms with Gasteiger partial charge in [0.25, 0.3) is 5.91 Å². The van der Waals surface area contributed by atoms with E-state index in [0.717, 1.165) is 5.39 Å². The number of para-hydroxylation sites is 1. The molecule has 0 fully saturated rings. The molecule has 29 heavy (non-hydrogen) atoms. The number of amides is 1. The lowest BCUT2D eigenvalue weighted by molar-refractivity contribution is -0.135. The molecular formula is C21H20N2O6. The first-order chi connectivity index (χ1) is 14.1. The second-order valence-corrected chi connectivity index (χ2v) is 6.22. The molecule has 3 rings (SSSR count). The molecule has 0 N–H and O–H groups in total. The van der Waals surface area contributed by atoms with Crippen molar-refractivity contribution in [1.29, 1.82) is 5.26 Å². The standard InChI is InChI=1S/C21H20N2O6/c1-26-13-17-16-7-2-3-8-18(16)29-20(17)21(25)28-14-19(24)23(10-5-9-22)12-15-6-4-11-27-15/h2-4,6-8,11H,5,10,12-14H2,1H3. The molecule has 8 nitrogen and oxygen atoms in total. The number of hydrogen-bond acceptors (Lipinski definition) is 7. The van der Waals surface area contributed by atoms with E-state index in [4.69, 9.17) is 23.6 Å². The molecule has 0 aliphatic carbocycles. The molecule has 0 saturated heterocycles. The van der Waals surface area contributed by atoms with Gasteiger partial charge in [0.2, 0.25) is 5.76 Å². The second kappa shape index (κ2) is 9.57. The highest BCUT2D eigenvalue weighted by molar-refractivity contribution is 5.96. The number of nitriles is 1. The maximum Gasteiger partial charge on any atom is 0.375 e. The quantitative estimate of drug-likeness (QED) is 0.511. The molecule has 2 heterocycles. The lowest BCUT2D eigenvalue weighted by Gasteiger charge is -2.20. The molecule has 0 saturated carbocycles. The van der Waals surface area contributed by atoms with Crippen molar-refractivity contribution in [3.63, 3.8) is 0 Å². The zero-order chi connectivity index (χ0) is 20.6. The SMILES string of the molecule is COCc1c(C(=O)OCC(=O)N(CCC#N)Cc2ccco2)oc2ccccc12. The van der Waals surface area contributed by atoms with Gasteiger partial charge in [-0.15, -0.1) is 0 Å². The zero-order valence-corrected chi connectivity index (χ0v) is 15.9. The fourth-order valence-electron chi connectivity index (χ4n) is 2.90. The number of rotatable bonds is 9. The Labute approximate surface area is 167 Å². The number of benzene rings is 1. The highest BCUT2D eigenvalue weighted by Crippen LogP contribution is 2.27. The van der Waals surface area contributed by atoms with Gasteiger partial charge in [-0.2, -0.15) is 5.26 Å². The number of furan rings is 2. The summed E-state index contributed by atoms with van der Waals surface area (Å²) in [6.07, 6.45) is 1.66. The lowest BCUT2D eigenvalue weighted by Crippen LogP contribution is -2.35. The van der Waals surface area contributed by atoms with E-state index in [2.05, 4.69) is 0 Å². The van der Waals surface area contributed by atoms with Crippen LogP contribution in [-0.4, -0.2) is 37.0 Å². The highest BCUT2D eigenvalue weighted by atomic mass is 16.5. The predicted molar refractivity (Wildman–Crippen MR) is 102 cm³/mol. The van der Waals surface area contributed by atoms with E-state index >= 15 is 0 Å². The Bertz CT molecular complexity index is 1020. The van der Waals surface area contributed by atoms with E-state index in [1.165, 1.54) is 18.3 Å². The van der Waals surface area contributed by atoms with Crippen molar-refractivity contribution in [2.75, 3.05) is 20.3 Å². The topological polar surface area (TPSA) is 106 Å². The molecule has 3 aromatic rings. The molecule has 0 aliphatic heterocycles. The molecule has 150 valence electrons. The Morgan fingerprint density at radius 2 is 2.03 bits per heavy atom. The number of methoxy groups -OCH3 is 1. The van der Waals surface area contributed by atoms with Gasteiger partial charge in [-0.25, -0.2) is 4.79 Å². The summed E-state index contributed by atoms with van der Waals surface area (Å²) in [6, 6.07) is 12.6. The van der Waals surface area contributed by atoms with Crippen molar-refractivity contribution >= 4 is 22.8 Å². The Morgan fingerprint density at radius 1 is 1.21 bits per heavy atom. The normalized spacial score (nSPS) is 10.6. The van der Waals surface area contributed by atoms with Gasteiger partial charge < -0.3 is 23.2 Å². The number of carbonyl (C=O) groups is 2. The van der Waals surface area contributed by atoms with E-state index < -0.39 is 18.5 Å². The van der Waals surface area contributed by atoms with Crippen LogP contribution in [0.1, 0.15) is 28.3 Å². The van der Waals surface area contributed by atoms with Crippen LogP contribution in [0.4, 0.5) is 0 Å². The van der Waals surface area contributed by atoms with Gasteiger partial charge in [0.05, 0.1) is 31.9 Å². The van der Waals surface area contributed by atoms with Crippen LogP contribution in [-0.2, 0) is 27.4 Å². The van der Waals surface area contributed by atoms with Gasteiger partial charge in [-0.1, -0.05) is 18.2 Å². The molecule has 0 atom stereocenters. The first-order valence-electron chi connectivity index (χ1n) is 8.97. The summed E-state index contributed by atoms with van der Waals surface area (Å²) in [5.41, 5.74) is 1.10. The van der Waals surface area contributed by atoms with Crippen LogP contribution in [0.15, 0.2) is 51.5 Å². The minimum atomic E-state index is -0.750. The molecule has 0 bridgehead atoms. The van der Waals surface area contributed by atoms with Gasteiger partial charge >= 0.3 is 5.97 Å². The van der Waals surface area contributed by atoms with Gasteiger partial charge in [0, 0.05) is 24.6 Å². The van der Waals surface area contributed by atoms with E-state index in [0.29, 0.717) is 16.9 Å². The van der Waals surface area contributed by atoms with Crippen molar-refractivity contribution in [2.24, 2.45) is 0 Å². The van der Waals surface area contributed by atoms with E-state index in [1.54, 1.807) is 24.3 Å². The minimum Gasteiger partial charge on any atom is -0.467 e. The largest absolute Gasteiger partial charge is 0.467 e. The minimum absolute atomic E-state index is 0.00968. The molecule has 2 aromatic heterocycles. The van der Waals surface area contributed by atoms with Crippen LogP contribution >= 0.6 is 0 Å². The van der Waals surface area contributed by atoms with E-state index in [9.17, 15) is 9.59 Å². The second-order valence-electron chi connectivity index (χ2n) is 6.22. The number of fused-ring (bicyclic) bond motifs is 1. The number of hydrogen-bond donors (Lipinski definition) is 0. The maximum absolute atomic E-state index is 12.6. The van der Waals surface area contributed by atoms with Crippen LogP contribution in [0, 0.1) is 11.3 Å². The fraction of sp³-hybridized carbons (Fsp3) is 0.286. The first kappa shape index (κ1) is 20.2. The Balaban J connectivity index is 1.70. The molecule has 0 radical (unpaired) electrons. The maximum atomic E-state index is 12.6. The summed E-state index contributed by atoms with van der Waals surface area (Å²) in [6.45, 7) is 0.0778. The highest BCUT2D eigenvalue weighted by Gasteiger charge is 2.24. The fourth-order valence-corrected chi connectivity index (χ4v) is 2.90. The van der Waals surface area contributed by atoms with E-state index in [-0.39, 0.29) is 31.9 Å². The molecule has 1 amide bonds. The van der Waals surface area contributed by atoms with Crippen molar-refractivity contribution in [2.45, 2.75) is 19.6 Å². The smallest absolute Gasteiger partial charge is 0.375 e. The molecule has 0 aliphatic rings. The first-order valence-corrected chi connectivity index (χ1v) is 8.97. The number of nitrogens with zero attached hydrogens (tertiary/aromatic N) is 2. The number of ether oxygens (including phenoxy) is 2. The molecular weight excluding hydrogens is 376 g/mol. The molecule has 0 spiro atoms. The van der Waals surface area contributed by atoms with Crippen molar-refractivity contribution in [1.82, 2.24) is 4.90 Å². The summed E-state index contributed by atoms with van der Waals surface area (Å²) >= 11 is 0. The average molecular weight is 396 g/mol. The summed E-state index contributed by atoms with van der Waals surface area (Å²) in [5.74, 6) is -0.605. The summed E-state index contributed by atoms with van der Waals surface area (Å²) < 4.78 is 21.2. The number of esters is 1. The monoisotopic (exact) mass is 396 g/mol. The van der Waals surface area contributed by atoms with Crippen molar-refractivity contribution in [3.05, 3.63) is 59.7 Å². The van der Waals surface area contributed by atoms with Gasteiger partial charge in [-0.3, -0.25) is 4.79 Å². The van der Waals surface area contributed by atoms with Gasteiger partial charge in [-0.05, 0) is 18.2 Å². The number of carbonyl (C=O) groups excluding carboxylic acids is 2. The molecule has 0 unspecified atom stereocenters. The Morgan fingerprint density at radius 3 is 2.76 bits per heavy atom. The van der Waals surface area contributed by atoms with E-state index in [1.807, 2.05) is 18.2 Å². The summed E-state index contributed by atoms with van der Waals surface area (Å²) in [4.78, 5) is 26.5. The van der Waals surface area contributed by atoms with Crippen LogP contribution < -0.4 is 0 Å².